The number of carbonyl (C=O) groups excluding carboxylic acids is 4. The molecule has 12 heteroatoms. The molecule has 43 heavy (non-hydrogen) atoms. The van der Waals surface area contributed by atoms with Gasteiger partial charge in [-0.05, 0) is 42.7 Å². The van der Waals surface area contributed by atoms with Crippen LogP contribution in [0.5, 0.6) is 0 Å². The highest BCUT2D eigenvalue weighted by Crippen LogP contribution is 2.33. The van der Waals surface area contributed by atoms with E-state index in [0.29, 0.717) is 44.8 Å². The van der Waals surface area contributed by atoms with Gasteiger partial charge in [-0.1, -0.05) is 18.2 Å². The number of aliphatic hydroxyl groups is 1. The number of hydrogen-bond donors (Lipinski definition) is 5. The molecule has 2 aliphatic heterocycles. The van der Waals surface area contributed by atoms with Gasteiger partial charge in [0.05, 0.1) is 30.4 Å². The number of imide groups is 1. The number of H-pyrrole nitrogens is 1. The van der Waals surface area contributed by atoms with E-state index in [1.807, 2.05) is 18.3 Å². The van der Waals surface area contributed by atoms with Gasteiger partial charge in [-0.15, -0.1) is 0 Å². The predicted molar refractivity (Wildman–Crippen MR) is 158 cm³/mol. The second kappa shape index (κ2) is 12.2. The molecule has 0 bridgehead atoms. The number of aromatic nitrogens is 2. The third-order valence-corrected chi connectivity index (χ3v) is 7.85. The minimum absolute atomic E-state index is 0.0575. The number of amides is 4. The molecule has 2 aromatic heterocycles. The predicted octanol–water partition coefficient (Wildman–Crippen LogP) is 2.09. The standard InChI is InChI=1S/C31H32N6O6/c38-26(8-5-18-4-6-19-21-17-32-11-10-22(21)35-24(19)16-18)34-13-15-43-14-12-33-23-3-1-2-20-28(23)31(42)37(30(20)41)25-7-9-27(39)36-29(25)40/h1-4,6,10-11,16-17,25,29,33,35,40H,5,7-9,12-15H2,(H,34,38)(H,36,39). The smallest absolute Gasteiger partial charge is 0.264 e. The number of rotatable bonds is 11. The highest BCUT2D eigenvalue weighted by atomic mass is 16.5. The lowest BCUT2D eigenvalue weighted by Gasteiger charge is -2.33. The molecule has 0 aliphatic carbocycles. The first-order valence-corrected chi connectivity index (χ1v) is 14.3. The van der Waals surface area contributed by atoms with Gasteiger partial charge in [0.1, 0.15) is 6.23 Å². The molecule has 5 N–H and O–H groups in total. The van der Waals surface area contributed by atoms with E-state index in [0.717, 1.165) is 32.3 Å². The summed E-state index contributed by atoms with van der Waals surface area (Å²) < 4.78 is 5.63. The Hall–Kier alpha value is -4.81. The van der Waals surface area contributed by atoms with Crippen molar-refractivity contribution in [3.8, 4) is 0 Å². The zero-order valence-corrected chi connectivity index (χ0v) is 23.4. The first kappa shape index (κ1) is 28.3. The number of fused-ring (bicyclic) bond motifs is 4. The van der Waals surface area contributed by atoms with Crippen molar-refractivity contribution >= 4 is 51.1 Å². The Morgan fingerprint density at radius 1 is 1.05 bits per heavy atom. The quantitative estimate of drug-likeness (QED) is 0.132. The van der Waals surface area contributed by atoms with E-state index in [9.17, 15) is 24.3 Å². The highest BCUT2D eigenvalue weighted by molar-refractivity contribution is 6.24. The van der Waals surface area contributed by atoms with Crippen molar-refractivity contribution in [2.75, 3.05) is 31.6 Å². The number of piperidine rings is 1. The Bertz CT molecular complexity index is 1720. The maximum atomic E-state index is 13.2. The Morgan fingerprint density at radius 3 is 2.77 bits per heavy atom. The summed E-state index contributed by atoms with van der Waals surface area (Å²) in [5.74, 6) is -1.38. The summed E-state index contributed by atoms with van der Waals surface area (Å²) in [6.45, 7) is 1.39. The molecule has 2 unspecified atom stereocenters. The highest BCUT2D eigenvalue weighted by Gasteiger charge is 2.45. The fourth-order valence-corrected chi connectivity index (χ4v) is 5.71. The molecule has 1 fully saturated rings. The molecule has 2 aromatic carbocycles. The average Bonchev–Trinajstić information content (AvgIpc) is 3.50. The number of pyridine rings is 1. The summed E-state index contributed by atoms with van der Waals surface area (Å²) >= 11 is 0. The lowest BCUT2D eigenvalue weighted by atomic mass is 10.0. The van der Waals surface area contributed by atoms with Gasteiger partial charge in [-0.3, -0.25) is 29.1 Å². The fraction of sp³-hybridized carbons (Fsp3) is 0.323. The van der Waals surface area contributed by atoms with Crippen LogP contribution >= 0.6 is 0 Å². The van der Waals surface area contributed by atoms with Gasteiger partial charge in [-0.25, -0.2) is 0 Å². The number of carbonyl (C=O) groups is 4. The van der Waals surface area contributed by atoms with Gasteiger partial charge in [-0.2, -0.15) is 0 Å². The van der Waals surface area contributed by atoms with Crippen molar-refractivity contribution in [2.45, 2.75) is 38.0 Å². The van der Waals surface area contributed by atoms with E-state index in [1.54, 1.807) is 24.4 Å². The Morgan fingerprint density at radius 2 is 1.91 bits per heavy atom. The van der Waals surface area contributed by atoms with Crippen LogP contribution in [0.3, 0.4) is 0 Å². The third-order valence-electron chi connectivity index (χ3n) is 7.85. The number of nitrogens with zero attached hydrogens (tertiary/aromatic N) is 2. The molecule has 6 rings (SSSR count). The van der Waals surface area contributed by atoms with Crippen molar-refractivity contribution in [3.05, 3.63) is 71.5 Å². The molecular weight excluding hydrogens is 552 g/mol. The molecule has 4 heterocycles. The molecule has 2 aliphatic rings. The molecule has 2 atom stereocenters. The maximum absolute atomic E-state index is 13.2. The monoisotopic (exact) mass is 584 g/mol. The zero-order chi connectivity index (χ0) is 29.9. The van der Waals surface area contributed by atoms with Crippen LogP contribution in [0.25, 0.3) is 21.8 Å². The number of hydrogen-bond acceptors (Lipinski definition) is 8. The summed E-state index contributed by atoms with van der Waals surface area (Å²) in [5, 5.41) is 20.9. The van der Waals surface area contributed by atoms with Crippen LogP contribution in [0.2, 0.25) is 0 Å². The van der Waals surface area contributed by atoms with Gasteiger partial charge in [0, 0.05) is 65.8 Å². The SMILES string of the molecule is O=C(CCc1ccc2c(c1)[nH]c1ccncc12)NCCOCCNc1cccc2c1C(=O)N(C1CCC(=O)NC1O)C2=O. The molecule has 1 saturated heterocycles. The van der Waals surface area contributed by atoms with Crippen molar-refractivity contribution < 1.29 is 29.0 Å². The van der Waals surface area contributed by atoms with Gasteiger partial charge in [0.2, 0.25) is 11.8 Å². The largest absolute Gasteiger partial charge is 0.382 e. The molecule has 4 amide bonds. The van der Waals surface area contributed by atoms with Gasteiger partial charge in [0.15, 0.2) is 0 Å². The van der Waals surface area contributed by atoms with E-state index in [4.69, 9.17) is 4.74 Å². The van der Waals surface area contributed by atoms with Crippen LogP contribution in [0, 0.1) is 0 Å². The van der Waals surface area contributed by atoms with Crippen LogP contribution in [0.4, 0.5) is 5.69 Å². The van der Waals surface area contributed by atoms with E-state index < -0.39 is 24.1 Å². The molecule has 12 nitrogen and oxygen atoms in total. The molecule has 222 valence electrons. The summed E-state index contributed by atoms with van der Waals surface area (Å²) in [4.78, 5) is 58.7. The maximum Gasteiger partial charge on any atom is 0.264 e. The number of aryl methyl sites for hydroxylation is 1. The van der Waals surface area contributed by atoms with Crippen LogP contribution in [0.15, 0.2) is 54.9 Å². The number of ether oxygens (including phenoxy) is 1. The minimum Gasteiger partial charge on any atom is -0.382 e. The van der Waals surface area contributed by atoms with E-state index in [2.05, 4.69) is 38.1 Å². The topological polar surface area (TPSA) is 166 Å². The second-order valence-corrected chi connectivity index (χ2v) is 10.6. The molecule has 4 aromatic rings. The van der Waals surface area contributed by atoms with Gasteiger partial charge in [0.25, 0.3) is 11.8 Å². The first-order valence-electron chi connectivity index (χ1n) is 14.3. The number of nitrogens with one attached hydrogen (secondary N) is 4. The summed E-state index contributed by atoms with van der Waals surface area (Å²) in [7, 11) is 0. The fourth-order valence-electron chi connectivity index (χ4n) is 5.71. The third kappa shape index (κ3) is 5.79. The number of anilines is 1. The summed E-state index contributed by atoms with van der Waals surface area (Å²) in [6.07, 6.45) is 3.60. The first-order chi connectivity index (χ1) is 20.9. The number of aromatic amines is 1. The summed E-state index contributed by atoms with van der Waals surface area (Å²) in [5.41, 5.74) is 4.11. The van der Waals surface area contributed by atoms with Crippen molar-refractivity contribution in [2.24, 2.45) is 0 Å². The molecular formula is C31H32N6O6. The Kier molecular flexibility index (Phi) is 8.03. The molecule has 0 radical (unpaired) electrons. The lowest BCUT2D eigenvalue weighted by molar-refractivity contribution is -0.129. The van der Waals surface area contributed by atoms with Crippen LogP contribution in [-0.4, -0.2) is 82.2 Å². The van der Waals surface area contributed by atoms with Crippen LogP contribution in [0.1, 0.15) is 45.5 Å². The van der Waals surface area contributed by atoms with Crippen molar-refractivity contribution in [3.63, 3.8) is 0 Å². The van der Waals surface area contributed by atoms with Crippen LogP contribution in [-0.2, 0) is 20.7 Å². The van der Waals surface area contributed by atoms with Crippen LogP contribution < -0.4 is 16.0 Å². The number of aliphatic hydroxyl groups excluding tert-OH is 1. The van der Waals surface area contributed by atoms with Gasteiger partial charge >= 0.3 is 0 Å². The summed E-state index contributed by atoms with van der Waals surface area (Å²) in [6, 6.07) is 12.2. The van der Waals surface area contributed by atoms with E-state index >= 15 is 0 Å². The number of benzene rings is 2. The molecule has 0 saturated carbocycles. The minimum atomic E-state index is -1.30. The zero-order valence-electron chi connectivity index (χ0n) is 23.4. The van der Waals surface area contributed by atoms with Gasteiger partial charge < -0.3 is 30.8 Å². The second-order valence-electron chi connectivity index (χ2n) is 10.6. The lowest BCUT2D eigenvalue weighted by Crippen LogP contribution is -2.57. The normalized spacial score (nSPS) is 18.3. The van der Waals surface area contributed by atoms with E-state index in [-0.39, 0.29) is 35.8 Å². The average molecular weight is 585 g/mol. The molecule has 0 spiro atoms. The van der Waals surface area contributed by atoms with Crippen molar-refractivity contribution in [1.82, 2.24) is 25.5 Å². The van der Waals surface area contributed by atoms with E-state index in [1.165, 1.54) is 0 Å². The Balaban J connectivity index is 0.920. The van der Waals surface area contributed by atoms with Crippen molar-refractivity contribution in [1.29, 1.82) is 0 Å². The Labute approximate surface area is 246 Å².